The molecule has 0 bridgehead atoms. The van der Waals surface area contributed by atoms with E-state index < -0.39 is 17.6 Å². The van der Waals surface area contributed by atoms with Crippen molar-refractivity contribution in [1.82, 2.24) is 24.4 Å². The van der Waals surface area contributed by atoms with Crippen LogP contribution in [0.5, 0.6) is 0 Å². The third-order valence-electron chi connectivity index (χ3n) is 6.68. The molecule has 1 aliphatic rings. The van der Waals surface area contributed by atoms with Gasteiger partial charge in [-0.15, -0.1) is 0 Å². The van der Waals surface area contributed by atoms with Gasteiger partial charge in [0.1, 0.15) is 18.0 Å². The van der Waals surface area contributed by atoms with Crippen LogP contribution in [0.1, 0.15) is 21.5 Å². The zero-order valence-electron chi connectivity index (χ0n) is 21.9. The number of likely N-dealkylation sites (N-methyl/N-ethyl adjacent to an activating group) is 1. The average Bonchev–Trinajstić information content (AvgIpc) is 3.38. The molecule has 208 valence electrons. The Morgan fingerprint density at radius 2 is 1.77 bits per heavy atom. The number of nitrogens with zero attached hydrogens (tertiary/aromatic N) is 6. The molecule has 0 atom stereocenters. The van der Waals surface area contributed by atoms with Gasteiger partial charge < -0.3 is 26.2 Å². The maximum Gasteiger partial charge on any atom is 0.416 e. The number of hydrogen-bond acceptors (Lipinski definition) is 8. The minimum absolute atomic E-state index is 0.0734. The van der Waals surface area contributed by atoms with Gasteiger partial charge in [0.2, 0.25) is 5.95 Å². The zero-order valence-corrected chi connectivity index (χ0v) is 21.9. The number of nitrogen functional groups attached to an aromatic ring is 1. The molecule has 0 saturated carbocycles. The van der Waals surface area contributed by atoms with Crippen molar-refractivity contribution in [3.63, 3.8) is 0 Å². The van der Waals surface area contributed by atoms with E-state index in [4.69, 9.17) is 5.73 Å². The number of amides is 1. The smallest absolute Gasteiger partial charge is 0.384 e. The highest BCUT2D eigenvalue weighted by molar-refractivity contribution is 6.05. The molecule has 10 nitrogen and oxygen atoms in total. The number of carbonyl (C=O) groups excluding carboxylic acids is 1. The Morgan fingerprint density at radius 3 is 2.50 bits per heavy atom. The molecule has 0 radical (unpaired) electrons. The van der Waals surface area contributed by atoms with E-state index in [1.165, 1.54) is 12.4 Å². The minimum atomic E-state index is -4.59. The van der Waals surface area contributed by atoms with Crippen molar-refractivity contribution in [2.45, 2.75) is 13.1 Å². The second-order valence-electron chi connectivity index (χ2n) is 9.59. The molecule has 4 aromatic rings. The van der Waals surface area contributed by atoms with E-state index in [2.05, 4.69) is 30.5 Å². The number of anilines is 5. The maximum absolute atomic E-state index is 13.7. The van der Waals surface area contributed by atoms with Crippen LogP contribution in [0.25, 0.3) is 5.82 Å². The average molecular weight is 552 g/mol. The Kier molecular flexibility index (Phi) is 7.30. The monoisotopic (exact) mass is 551 g/mol. The summed E-state index contributed by atoms with van der Waals surface area (Å²) in [6.45, 7) is 4.46. The summed E-state index contributed by atoms with van der Waals surface area (Å²) in [7, 11) is 1.96. The van der Waals surface area contributed by atoms with Crippen LogP contribution in [0.4, 0.5) is 42.0 Å². The first-order chi connectivity index (χ1) is 19.1. The van der Waals surface area contributed by atoms with Gasteiger partial charge in [-0.1, -0.05) is 6.07 Å². The summed E-state index contributed by atoms with van der Waals surface area (Å²) in [5.74, 6) is 0.611. The first-order valence-corrected chi connectivity index (χ1v) is 12.5. The number of rotatable bonds is 6. The van der Waals surface area contributed by atoms with Crippen molar-refractivity contribution in [3.8, 4) is 5.82 Å². The molecule has 4 N–H and O–H groups in total. The normalized spacial score (nSPS) is 14.3. The van der Waals surface area contributed by atoms with Crippen LogP contribution in [0.3, 0.4) is 0 Å². The van der Waals surface area contributed by atoms with Gasteiger partial charge in [-0.05, 0) is 49.9 Å². The van der Waals surface area contributed by atoms with Gasteiger partial charge in [0.25, 0.3) is 5.91 Å². The van der Waals surface area contributed by atoms with Crippen LogP contribution < -0.4 is 21.3 Å². The van der Waals surface area contributed by atoms with Gasteiger partial charge in [0.05, 0.1) is 5.56 Å². The number of halogens is 3. The van der Waals surface area contributed by atoms with Gasteiger partial charge in [-0.25, -0.2) is 15.0 Å². The number of alkyl halides is 3. The SMILES string of the molecule is Cc1ccc(NC(=O)c2cc(N3CCN(C)CC3)cc(C(F)(F)F)c2)cc1Nc1nccn1-c1cc(N)ncn1. The molecule has 13 heteroatoms. The molecule has 3 heterocycles. The molecular formula is C27H28F3N9O. The quantitative estimate of drug-likeness (QED) is 0.325. The van der Waals surface area contributed by atoms with Crippen molar-refractivity contribution >= 4 is 34.7 Å². The molecule has 0 aliphatic carbocycles. The number of piperazine rings is 1. The Hall–Kier alpha value is -4.65. The predicted octanol–water partition coefficient (Wildman–Crippen LogP) is 4.32. The largest absolute Gasteiger partial charge is 0.416 e. The van der Waals surface area contributed by atoms with E-state index in [9.17, 15) is 18.0 Å². The van der Waals surface area contributed by atoms with Crippen LogP contribution in [0, 0.1) is 6.92 Å². The van der Waals surface area contributed by atoms with Crippen LogP contribution in [0.2, 0.25) is 0 Å². The van der Waals surface area contributed by atoms with Gasteiger partial charge in [0, 0.05) is 67.3 Å². The molecule has 1 saturated heterocycles. The van der Waals surface area contributed by atoms with E-state index in [0.717, 1.165) is 30.8 Å². The first kappa shape index (κ1) is 26.9. The summed E-state index contributed by atoms with van der Waals surface area (Å²) in [5.41, 5.74) is 7.11. The lowest BCUT2D eigenvalue weighted by molar-refractivity contribution is -0.137. The van der Waals surface area contributed by atoms with Crippen molar-refractivity contribution in [1.29, 1.82) is 0 Å². The Morgan fingerprint density at radius 1 is 1.00 bits per heavy atom. The van der Waals surface area contributed by atoms with Gasteiger partial charge in [0.15, 0.2) is 0 Å². The third-order valence-corrected chi connectivity index (χ3v) is 6.68. The van der Waals surface area contributed by atoms with Crippen molar-refractivity contribution in [2.75, 3.05) is 54.5 Å². The number of benzene rings is 2. The number of carbonyl (C=O) groups is 1. The van der Waals surface area contributed by atoms with Crippen molar-refractivity contribution < 1.29 is 18.0 Å². The van der Waals surface area contributed by atoms with Crippen LogP contribution in [-0.4, -0.2) is 63.6 Å². The summed E-state index contributed by atoms with van der Waals surface area (Å²) in [5, 5.41) is 5.95. The number of aryl methyl sites for hydroxylation is 1. The molecule has 0 spiro atoms. The summed E-state index contributed by atoms with van der Waals surface area (Å²) in [6, 6.07) is 10.3. The van der Waals surface area contributed by atoms with Crippen LogP contribution in [-0.2, 0) is 6.18 Å². The number of aromatic nitrogens is 4. The van der Waals surface area contributed by atoms with Crippen molar-refractivity contribution in [3.05, 3.63) is 77.9 Å². The van der Waals surface area contributed by atoms with E-state index in [1.807, 2.05) is 18.9 Å². The third kappa shape index (κ3) is 5.99. The summed E-state index contributed by atoms with van der Waals surface area (Å²) >= 11 is 0. The highest BCUT2D eigenvalue weighted by atomic mass is 19.4. The molecule has 5 rings (SSSR count). The van der Waals surface area contributed by atoms with E-state index >= 15 is 0 Å². The Bertz CT molecular complexity index is 1530. The maximum atomic E-state index is 13.7. The van der Waals surface area contributed by atoms with Gasteiger partial charge in [-0.3, -0.25) is 9.36 Å². The fourth-order valence-corrected chi connectivity index (χ4v) is 4.39. The second kappa shape index (κ2) is 10.8. The Balaban J connectivity index is 1.39. The summed E-state index contributed by atoms with van der Waals surface area (Å²) in [4.78, 5) is 29.6. The van der Waals surface area contributed by atoms with Crippen molar-refractivity contribution in [2.24, 2.45) is 0 Å². The molecule has 40 heavy (non-hydrogen) atoms. The second-order valence-corrected chi connectivity index (χ2v) is 9.59. The van der Waals surface area contributed by atoms with Gasteiger partial charge >= 0.3 is 6.18 Å². The lowest BCUT2D eigenvalue weighted by Gasteiger charge is -2.34. The van der Waals surface area contributed by atoms with Gasteiger partial charge in [-0.2, -0.15) is 13.2 Å². The first-order valence-electron chi connectivity index (χ1n) is 12.5. The zero-order chi connectivity index (χ0) is 28.4. The molecule has 2 aromatic heterocycles. The highest BCUT2D eigenvalue weighted by Gasteiger charge is 2.32. The van der Waals surface area contributed by atoms with Crippen LogP contribution in [0.15, 0.2) is 61.2 Å². The number of hydrogen-bond donors (Lipinski definition) is 3. The molecule has 2 aromatic carbocycles. The minimum Gasteiger partial charge on any atom is -0.384 e. The Labute approximate surface area is 228 Å². The standard InChI is InChI=1S/C27H28F3N9O/c1-17-3-4-20(14-22(17)36-26-32-5-6-39(26)24-15-23(31)33-16-34-24)35-25(40)18-11-19(27(28,29)30)13-21(12-18)38-9-7-37(2)8-10-38/h3-6,11-16H,7-10H2,1-2H3,(H,32,36)(H,35,40)(H2,31,33,34). The molecule has 1 amide bonds. The fourth-order valence-electron chi connectivity index (χ4n) is 4.39. The lowest BCUT2D eigenvalue weighted by Crippen LogP contribution is -2.44. The lowest BCUT2D eigenvalue weighted by atomic mass is 10.1. The molecule has 0 unspecified atom stereocenters. The number of nitrogens with one attached hydrogen (secondary N) is 2. The van der Waals surface area contributed by atoms with E-state index in [-0.39, 0.29) is 5.56 Å². The number of imidazole rings is 1. The molecule has 1 aliphatic heterocycles. The summed E-state index contributed by atoms with van der Waals surface area (Å²) in [6.07, 6.45) is 0.0530. The topological polar surface area (TPSA) is 117 Å². The molecule has 1 fully saturated rings. The molecular weight excluding hydrogens is 523 g/mol. The highest BCUT2D eigenvalue weighted by Crippen LogP contribution is 2.34. The number of nitrogens with two attached hydrogens (primary N) is 1. The fraction of sp³-hybridized carbons (Fsp3) is 0.259. The van der Waals surface area contributed by atoms with E-state index in [0.29, 0.717) is 47.7 Å². The summed E-state index contributed by atoms with van der Waals surface area (Å²) < 4.78 is 42.9. The van der Waals surface area contributed by atoms with Crippen LogP contribution >= 0.6 is 0 Å². The van der Waals surface area contributed by atoms with E-state index in [1.54, 1.807) is 41.2 Å². The predicted molar refractivity (Wildman–Crippen MR) is 147 cm³/mol.